The van der Waals surface area contributed by atoms with E-state index in [1.807, 2.05) is 24.3 Å². The van der Waals surface area contributed by atoms with Gasteiger partial charge in [0.15, 0.2) is 0 Å². The first kappa shape index (κ1) is 18.6. The Morgan fingerprint density at radius 1 is 1.16 bits per heavy atom. The topological polar surface area (TPSA) is 90.6 Å². The quantitative estimate of drug-likeness (QED) is 0.649. The van der Waals surface area contributed by atoms with E-state index in [1.165, 1.54) is 0 Å². The van der Waals surface area contributed by atoms with Crippen molar-refractivity contribution < 1.29 is 19.1 Å². The van der Waals surface area contributed by atoms with Gasteiger partial charge in [-0.25, -0.2) is 4.79 Å². The molecule has 2 rings (SSSR count). The predicted molar refractivity (Wildman–Crippen MR) is 98.6 cm³/mol. The molecule has 0 aromatic heterocycles. The van der Waals surface area contributed by atoms with E-state index in [9.17, 15) is 9.59 Å². The first-order chi connectivity index (χ1) is 11.7. The number of carbonyl (C=O) groups is 2. The highest BCUT2D eigenvalue weighted by Gasteiger charge is 2.19. The van der Waals surface area contributed by atoms with Crippen LogP contribution >= 0.6 is 0 Å². The van der Waals surface area contributed by atoms with Crippen molar-refractivity contribution in [2.75, 3.05) is 17.7 Å². The lowest BCUT2D eigenvalue weighted by Crippen LogP contribution is -2.27. The molecule has 0 aliphatic carbocycles. The smallest absolute Gasteiger partial charge is 0.412 e. The van der Waals surface area contributed by atoms with Crippen molar-refractivity contribution in [1.82, 2.24) is 0 Å². The van der Waals surface area contributed by atoms with Gasteiger partial charge >= 0.3 is 12.1 Å². The van der Waals surface area contributed by atoms with Gasteiger partial charge in [-0.3, -0.25) is 10.1 Å². The van der Waals surface area contributed by atoms with Crippen LogP contribution in [-0.4, -0.2) is 24.3 Å². The molecule has 0 saturated heterocycles. The Balaban J connectivity index is 2.41. The first-order valence-electron chi connectivity index (χ1n) is 8.17. The molecule has 0 aliphatic rings. The van der Waals surface area contributed by atoms with Gasteiger partial charge in [-0.15, -0.1) is 0 Å². The molecular formula is C19H24N2O4. The number of nitrogen functional groups attached to an aromatic ring is 1. The zero-order valence-electron chi connectivity index (χ0n) is 15.0. The number of esters is 1. The second-order valence-corrected chi connectivity index (χ2v) is 6.65. The van der Waals surface area contributed by atoms with Crippen molar-refractivity contribution in [1.29, 1.82) is 0 Å². The normalized spacial score (nSPS) is 11.2. The van der Waals surface area contributed by atoms with Gasteiger partial charge < -0.3 is 15.2 Å². The van der Waals surface area contributed by atoms with E-state index in [-0.39, 0.29) is 12.4 Å². The van der Waals surface area contributed by atoms with Gasteiger partial charge in [-0.1, -0.05) is 24.3 Å². The monoisotopic (exact) mass is 344 g/mol. The van der Waals surface area contributed by atoms with Gasteiger partial charge in [-0.2, -0.15) is 0 Å². The molecule has 3 N–H and O–H groups in total. The lowest BCUT2D eigenvalue weighted by atomic mass is 9.98. The van der Waals surface area contributed by atoms with Gasteiger partial charge in [-0.05, 0) is 44.7 Å². The fourth-order valence-electron chi connectivity index (χ4n) is 2.53. The minimum Gasteiger partial charge on any atom is -0.466 e. The van der Waals surface area contributed by atoms with Crippen LogP contribution in [0.3, 0.4) is 0 Å². The third-order valence-electron chi connectivity index (χ3n) is 3.45. The maximum atomic E-state index is 12.1. The number of amides is 1. The molecule has 0 radical (unpaired) electrons. The number of ether oxygens (including phenoxy) is 2. The maximum Gasteiger partial charge on any atom is 0.412 e. The number of rotatable bonds is 4. The average Bonchev–Trinajstić information content (AvgIpc) is 2.49. The number of benzene rings is 2. The Kier molecular flexibility index (Phi) is 5.51. The molecule has 1 amide bonds. The minimum absolute atomic E-state index is 0.0763. The summed E-state index contributed by atoms with van der Waals surface area (Å²) in [7, 11) is 0. The number of carbonyl (C=O) groups excluding carboxylic acids is 2. The molecule has 0 unspecified atom stereocenters. The Morgan fingerprint density at radius 3 is 2.40 bits per heavy atom. The van der Waals surface area contributed by atoms with Crippen LogP contribution in [0.4, 0.5) is 16.2 Å². The fourth-order valence-corrected chi connectivity index (χ4v) is 2.53. The lowest BCUT2D eigenvalue weighted by molar-refractivity contribution is -0.142. The van der Waals surface area contributed by atoms with Crippen molar-refractivity contribution in [2.45, 2.75) is 39.7 Å². The largest absolute Gasteiger partial charge is 0.466 e. The van der Waals surface area contributed by atoms with Gasteiger partial charge in [0, 0.05) is 11.1 Å². The summed E-state index contributed by atoms with van der Waals surface area (Å²) in [6.07, 6.45) is -0.484. The van der Waals surface area contributed by atoms with Crippen LogP contribution < -0.4 is 11.1 Å². The van der Waals surface area contributed by atoms with Gasteiger partial charge in [0.25, 0.3) is 0 Å². The van der Waals surface area contributed by atoms with Crippen molar-refractivity contribution in [3.05, 3.63) is 35.9 Å². The molecular weight excluding hydrogens is 320 g/mol. The van der Waals surface area contributed by atoms with E-state index in [4.69, 9.17) is 15.2 Å². The Hall–Kier alpha value is -2.76. The Morgan fingerprint density at radius 2 is 1.80 bits per heavy atom. The summed E-state index contributed by atoms with van der Waals surface area (Å²) in [6, 6.07) is 9.07. The number of nitrogens with one attached hydrogen (secondary N) is 1. The van der Waals surface area contributed by atoms with E-state index >= 15 is 0 Å². The van der Waals surface area contributed by atoms with Crippen LogP contribution in [0, 0.1) is 0 Å². The highest BCUT2D eigenvalue weighted by molar-refractivity contribution is 6.05. The van der Waals surface area contributed by atoms with Crippen LogP contribution in [0.25, 0.3) is 10.8 Å². The molecule has 6 nitrogen and oxygen atoms in total. The third-order valence-corrected chi connectivity index (χ3v) is 3.45. The first-order valence-corrected chi connectivity index (χ1v) is 8.17. The molecule has 25 heavy (non-hydrogen) atoms. The molecule has 0 spiro atoms. The second kappa shape index (κ2) is 7.42. The Labute approximate surface area is 147 Å². The lowest BCUT2D eigenvalue weighted by Gasteiger charge is -2.21. The average molecular weight is 344 g/mol. The summed E-state index contributed by atoms with van der Waals surface area (Å²) in [4.78, 5) is 23.9. The SMILES string of the molecule is CCOC(=O)Cc1c(N)cc(NC(=O)OC(C)(C)C)c2ccccc12. The summed E-state index contributed by atoms with van der Waals surface area (Å²) in [5.41, 5.74) is 7.17. The fraction of sp³-hybridized carbons (Fsp3) is 0.368. The van der Waals surface area contributed by atoms with Crippen LogP contribution in [0.1, 0.15) is 33.3 Å². The van der Waals surface area contributed by atoms with E-state index < -0.39 is 11.7 Å². The van der Waals surface area contributed by atoms with E-state index in [2.05, 4.69) is 5.32 Å². The number of nitrogens with two attached hydrogens (primary N) is 1. The number of hydrogen-bond donors (Lipinski definition) is 2. The molecule has 134 valence electrons. The van der Waals surface area contributed by atoms with Crippen LogP contribution in [0.5, 0.6) is 0 Å². The number of hydrogen-bond acceptors (Lipinski definition) is 5. The summed E-state index contributed by atoms with van der Waals surface area (Å²) in [5.74, 6) is -0.341. The van der Waals surface area contributed by atoms with Crippen molar-refractivity contribution in [3.8, 4) is 0 Å². The molecule has 2 aromatic carbocycles. The van der Waals surface area contributed by atoms with Crippen LogP contribution in [0.15, 0.2) is 30.3 Å². The summed E-state index contributed by atoms with van der Waals surface area (Å²) >= 11 is 0. The van der Waals surface area contributed by atoms with E-state index in [1.54, 1.807) is 33.8 Å². The van der Waals surface area contributed by atoms with Gasteiger partial charge in [0.05, 0.1) is 18.7 Å². The number of anilines is 2. The van der Waals surface area contributed by atoms with Gasteiger partial charge in [0.1, 0.15) is 5.60 Å². The highest BCUT2D eigenvalue weighted by atomic mass is 16.6. The molecule has 2 aromatic rings. The van der Waals surface area contributed by atoms with Crippen LogP contribution in [0.2, 0.25) is 0 Å². The van der Waals surface area contributed by atoms with Crippen molar-refractivity contribution >= 4 is 34.2 Å². The van der Waals surface area contributed by atoms with Crippen LogP contribution in [-0.2, 0) is 20.7 Å². The predicted octanol–water partition coefficient (Wildman–Crippen LogP) is 3.87. The van der Waals surface area contributed by atoms with Crippen molar-refractivity contribution in [3.63, 3.8) is 0 Å². The van der Waals surface area contributed by atoms with E-state index in [0.29, 0.717) is 23.5 Å². The second-order valence-electron chi connectivity index (χ2n) is 6.65. The summed E-state index contributed by atoms with van der Waals surface area (Å²) < 4.78 is 10.3. The van der Waals surface area contributed by atoms with Crippen molar-refractivity contribution in [2.24, 2.45) is 0 Å². The third kappa shape index (κ3) is 4.86. The highest BCUT2D eigenvalue weighted by Crippen LogP contribution is 2.32. The summed E-state index contributed by atoms with van der Waals surface area (Å²) in [5, 5.41) is 4.30. The van der Waals surface area contributed by atoms with E-state index in [0.717, 1.165) is 10.8 Å². The molecule has 6 heteroatoms. The summed E-state index contributed by atoms with van der Waals surface area (Å²) in [6.45, 7) is 7.45. The molecule has 0 fully saturated rings. The zero-order valence-corrected chi connectivity index (χ0v) is 15.0. The van der Waals surface area contributed by atoms with Gasteiger partial charge in [0.2, 0.25) is 0 Å². The molecule has 0 heterocycles. The molecule has 0 bridgehead atoms. The zero-order chi connectivity index (χ0) is 18.6. The molecule has 0 aliphatic heterocycles. The number of fused-ring (bicyclic) bond motifs is 1. The molecule has 0 saturated carbocycles. The maximum absolute atomic E-state index is 12.1. The minimum atomic E-state index is -0.602. The molecule has 0 atom stereocenters. The Bertz CT molecular complexity index is 794. The standard InChI is InChI=1S/C19H24N2O4/c1-5-24-17(22)10-14-12-8-6-7-9-13(12)16(11-15(14)20)21-18(23)25-19(2,3)4/h6-9,11H,5,10,20H2,1-4H3,(H,21,23).